The molecule has 0 aromatic heterocycles. The number of carbonyl (C=O) groups excluding carboxylic acids is 2. The van der Waals surface area contributed by atoms with Gasteiger partial charge in [0.15, 0.2) is 0 Å². The molecule has 6 N–H and O–H groups in total. The van der Waals surface area contributed by atoms with Crippen LogP contribution in [-0.4, -0.2) is 23.9 Å². The predicted molar refractivity (Wildman–Crippen MR) is 99.8 cm³/mol. The Labute approximate surface area is 153 Å². The molecule has 0 aliphatic carbocycles. The maximum Gasteiger partial charge on any atom is 0.222 e. The lowest BCUT2D eigenvalue weighted by Gasteiger charge is -2.14. The number of hydrogen-bond donors (Lipinski definition) is 4. The Morgan fingerprint density at radius 1 is 0.654 bits per heavy atom. The zero-order valence-electron chi connectivity index (χ0n) is 14.5. The fourth-order valence-corrected chi connectivity index (χ4v) is 3.32. The smallest absolute Gasteiger partial charge is 0.222 e. The molecule has 1 unspecified atom stereocenters. The van der Waals surface area contributed by atoms with E-state index in [2.05, 4.69) is 10.6 Å². The van der Waals surface area contributed by atoms with Crippen LogP contribution in [0.2, 0.25) is 0 Å². The number of nitrogens with two attached hydrogens (primary N) is 2. The molecule has 0 spiro atoms. The van der Waals surface area contributed by atoms with Crippen LogP contribution < -0.4 is 22.1 Å². The molecule has 2 aliphatic rings. The summed E-state index contributed by atoms with van der Waals surface area (Å²) in [5.74, 6) is 0.0858. The lowest BCUT2D eigenvalue weighted by Crippen LogP contribution is -2.28. The Balaban J connectivity index is 0.000000151. The van der Waals surface area contributed by atoms with Gasteiger partial charge in [-0.25, -0.2) is 0 Å². The second-order valence-electron chi connectivity index (χ2n) is 6.65. The van der Waals surface area contributed by atoms with Crippen molar-refractivity contribution in [1.82, 2.24) is 10.6 Å². The van der Waals surface area contributed by atoms with Crippen molar-refractivity contribution in [2.75, 3.05) is 0 Å². The van der Waals surface area contributed by atoms with Gasteiger partial charge in [0.25, 0.3) is 0 Å². The highest BCUT2D eigenvalue weighted by molar-refractivity contribution is 5.80. The Hall–Kier alpha value is -2.70. The number of nitrogens with one attached hydrogen (secondary N) is 2. The molecule has 2 heterocycles. The monoisotopic (exact) mass is 352 g/mol. The summed E-state index contributed by atoms with van der Waals surface area (Å²) in [6, 6.07) is 19.4. The van der Waals surface area contributed by atoms with Gasteiger partial charge in [0.2, 0.25) is 11.8 Å². The first-order valence-corrected chi connectivity index (χ1v) is 8.74. The Bertz CT molecular complexity index is 685. The fraction of sp³-hybridized carbons (Fsp3) is 0.300. The van der Waals surface area contributed by atoms with E-state index in [4.69, 9.17) is 11.5 Å². The normalized spacial score (nSPS) is 27.3. The standard InChI is InChI=1S/2C10H12N2O/c2*11-8-6-9(13)12-10(8)7-4-2-1-3-5-7/h2*1-5,8,10H,6,11H2,(H,12,13)/t8-,10?;8-,10+/m01/s1. The maximum atomic E-state index is 11.0. The number of benzene rings is 2. The van der Waals surface area contributed by atoms with Gasteiger partial charge >= 0.3 is 0 Å². The fourth-order valence-electron chi connectivity index (χ4n) is 3.32. The van der Waals surface area contributed by atoms with Crippen LogP contribution in [0.3, 0.4) is 0 Å². The van der Waals surface area contributed by atoms with Crippen molar-refractivity contribution in [1.29, 1.82) is 0 Å². The SMILES string of the molecule is N[C@@H]1CC(=O)N[C@H]1c1ccccc1.N[C@H]1CC(=O)NC1c1ccccc1. The minimum absolute atomic E-state index is 0.00583. The van der Waals surface area contributed by atoms with Crippen molar-refractivity contribution in [3.05, 3.63) is 71.8 Å². The van der Waals surface area contributed by atoms with Crippen LogP contribution in [0.5, 0.6) is 0 Å². The van der Waals surface area contributed by atoms with Gasteiger partial charge in [0.05, 0.1) is 12.1 Å². The van der Waals surface area contributed by atoms with E-state index < -0.39 is 0 Å². The van der Waals surface area contributed by atoms with E-state index in [0.29, 0.717) is 12.8 Å². The number of rotatable bonds is 2. The molecule has 2 aliphatic heterocycles. The molecule has 6 nitrogen and oxygen atoms in total. The second-order valence-corrected chi connectivity index (χ2v) is 6.65. The molecule has 4 atom stereocenters. The third-order valence-corrected chi connectivity index (χ3v) is 4.65. The molecule has 0 bridgehead atoms. The number of carbonyl (C=O) groups is 2. The molecule has 0 saturated carbocycles. The van der Waals surface area contributed by atoms with E-state index in [0.717, 1.165) is 11.1 Å². The predicted octanol–water partition coefficient (Wildman–Crippen LogP) is 1.15. The minimum Gasteiger partial charge on any atom is -0.348 e. The van der Waals surface area contributed by atoms with Gasteiger partial charge in [-0.15, -0.1) is 0 Å². The summed E-state index contributed by atoms with van der Waals surface area (Å²) in [5.41, 5.74) is 13.8. The molecule has 26 heavy (non-hydrogen) atoms. The van der Waals surface area contributed by atoms with E-state index >= 15 is 0 Å². The zero-order chi connectivity index (χ0) is 18.5. The Kier molecular flexibility index (Phi) is 5.65. The third-order valence-electron chi connectivity index (χ3n) is 4.65. The molecule has 2 fully saturated rings. The minimum atomic E-state index is -0.0881. The van der Waals surface area contributed by atoms with Crippen molar-refractivity contribution in [3.8, 4) is 0 Å². The topological polar surface area (TPSA) is 110 Å². The first-order chi connectivity index (χ1) is 12.5. The first-order valence-electron chi connectivity index (χ1n) is 8.74. The van der Waals surface area contributed by atoms with Gasteiger partial charge in [-0.2, -0.15) is 0 Å². The third kappa shape index (κ3) is 4.28. The highest BCUT2D eigenvalue weighted by Crippen LogP contribution is 2.23. The van der Waals surface area contributed by atoms with Crippen LogP contribution in [0, 0.1) is 0 Å². The molecule has 4 rings (SSSR count). The molecule has 2 saturated heterocycles. The van der Waals surface area contributed by atoms with Crippen LogP contribution in [-0.2, 0) is 9.59 Å². The maximum absolute atomic E-state index is 11.0. The van der Waals surface area contributed by atoms with Crippen LogP contribution in [0.25, 0.3) is 0 Å². The van der Waals surface area contributed by atoms with Crippen molar-refractivity contribution in [2.45, 2.75) is 37.0 Å². The average molecular weight is 352 g/mol. The van der Waals surface area contributed by atoms with Crippen LogP contribution in [0.4, 0.5) is 0 Å². The van der Waals surface area contributed by atoms with Gasteiger partial charge in [0.1, 0.15) is 0 Å². The largest absolute Gasteiger partial charge is 0.348 e. The zero-order valence-corrected chi connectivity index (χ0v) is 14.5. The molecular weight excluding hydrogens is 328 g/mol. The molecule has 2 amide bonds. The summed E-state index contributed by atoms with van der Waals surface area (Å²) in [6.45, 7) is 0. The van der Waals surface area contributed by atoms with E-state index in [1.807, 2.05) is 60.7 Å². The summed E-state index contributed by atoms with van der Waals surface area (Å²) in [6.07, 6.45) is 0.860. The summed E-state index contributed by atoms with van der Waals surface area (Å²) in [4.78, 5) is 22.1. The number of amides is 2. The van der Waals surface area contributed by atoms with Gasteiger partial charge in [-0.3, -0.25) is 9.59 Å². The Morgan fingerprint density at radius 2 is 1.00 bits per heavy atom. The van der Waals surface area contributed by atoms with Crippen molar-refractivity contribution in [2.24, 2.45) is 11.5 Å². The molecule has 2 aromatic rings. The van der Waals surface area contributed by atoms with Crippen LogP contribution in [0.15, 0.2) is 60.7 Å². The van der Waals surface area contributed by atoms with Gasteiger partial charge in [-0.1, -0.05) is 60.7 Å². The summed E-state index contributed by atoms with van der Waals surface area (Å²) in [7, 11) is 0. The summed E-state index contributed by atoms with van der Waals surface area (Å²) < 4.78 is 0. The average Bonchev–Trinajstić information content (AvgIpc) is 3.17. The number of hydrogen-bond acceptors (Lipinski definition) is 4. The van der Waals surface area contributed by atoms with E-state index in [1.165, 1.54) is 0 Å². The molecular formula is C20H24N4O2. The molecule has 0 radical (unpaired) electrons. The summed E-state index contributed by atoms with van der Waals surface area (Å²) in [5, 5.41) is 5.71. The van der Waals surface area contributed by atoms with E-state index in [-0.39, 0.29) is 36.0 Å². The molecule has 6 heteroatoms. The van der Waals surface area contributed by atoms with Crippen molar-refractivity contribution in [3.63, 3.8) is 0 Å². The van der Waals surface area contributed by atoms with Crippen LogP contribution >= 0.6 is 0 Å². The molecule has 2 aromatic carbocycles. The summed E-state index contributed by atoms with van der Waals surface area (Å²) >= 11 is 0. The second kappa shape index (κ2) is 8.12. The lowest BCUT2D eigenvalue weighted by molar-refractivity contribution is -0.120. The lowest BCUT2D eigenvalue weighted by atomic mass is 10.0. The van der Waals surface area contributed by atoms with Crippen molar-refractivity contribution >= 4 is 11.8 Å². The van der Waals surface area contributed by atoms with Gasteiger partial charge in [-0.05, 0) is 11.1 Å². The highest BCUT2D eigenvalue weighted by atomic mass is 16.2. The first kappa shape index (κ1) is 18.1. The molecule has 136 valence electrons. The van der Waals surface area contributed by atoms with E-state index in [1.54, 1.807) is 0 Å². The highest BCUT2D eigenvalue weighted by Gasteiger charge is 2.30. The Morgan fingerprint density at radius 3 is 1.27 bits per heavy atom. The van der Waals surface area contributed by atoms with Crippen molar-refractivity contribution < 1.29 is 9.59 Å². The quantitative estimate of drug-likeness (QED) is 0.650. The van der Waals surface area contributed by atoms with Gasteiger partial charge < -0.3 is 22.1 Å². The van der Waals surface area contributed by atoms with Gasteiger partial charge in [0, 0.05) is 24.9 Å². The van der Waals surface area contributed by atoms with Crippen LogP contribution in [0.1, 0.15) is 36.1 Å². The van der Waals surface area contributed by atoms with E-state index in [9.17, 15) is 9.59 Å².